The van der Waals surface area contributed by atoms with Crippen molar-refractivity contribution in [3.05, 3.63) is 34.1 Å². The number of rotatable bonds is 3. The van der Waals surface area contributed by atoms with E-state index < -0.39 is 16.3 Å². The van der Waals surface area contributed by atoms with Crippen LogP contribution < -0.4 is 4.90 Å². The van der Waals surface area contributed by atoms with Crippen molar-refractivity contribution in [2.75, 3.05) is 18.0 Å². The predicted octanol–water partition coefficient (Wildman–Crippen LogP) is 1.69. The lowest BCUT2D eigenvalue weighted by Gasteiger charge is -2.47. The maximum atomic E-state index is 13.2. The molecule has 0 saturated carbocycles. The van der Waals surface area contributed by atoms with Gasteiger partial charge in [-0.05, 0) is 12.5 Å². The Hall–Kier alpha value is -1.69. The van der Waals surface area contributed by atoms with Crippen molar-refractivity contribution in [3.8, 4) is 0 Å². The van der Waals surface area contributed by atoms with Crippen LogP contribution in [-0.4, -0.2) is 28.7 Å². The minimum atomic E-state index is -0.749. The molecule has 1 aliphatic rings. The smallest absolute Gasteiger partial charge is 0.274 e. The molecular weight excluding hydrogens is 227 g/mol. The third-order valence-electron chi connectivity index (χ3n) is 3.07. The number of benzene rings is 1. The molecular formula is C11H13FN2O3. The molecule has 0 atom stereocenters. The average molecular weight is 240 g/mol. The Morgan fingerprint density at radius 2 is 2.18 bits per heavy atom. The van der Waals surface area contributed by atoms with Crippen LogP contribution in [0.15, 0.2) is 18.2 Å². The highest BCUT2D eigenvalue weighted by Gasteiger charge is 2.39. The van der Waals surface area contributed by atoms with Gasteiger partial charge in [-0.3, -0.25) is 10.1 Å². The van der Waals surface area contributed by atoms with Crippen molar-refractivity contribution in [2.24, 2.45) is 0 Å². The molecule has 1 aliphatic heterocycles. The zero-order valence-corrected chi connectivity index (χ0v) is 9.39. The van der Waals surface area contributed by atoms with E-state index >= 15 is 0 Å². The third kappa shape index (κ3) is 2.21. The third-order valence-corrected chi connectivity index (χ3v) is 3.07. The zero-order chi connectivity index (χ0) is 12.6. The van der Waals surface area contributed by atoms with Gasteiger partial charge in [0, 0.05) is 24.8 Å². The normalized spacial score (nSPS) is 17.7. The van der Waals surface area contributed by atoms with Gasteiger partial charge >= 0.3 is 0 Å². The molecule has 0 aromatic heterocycles. The highest BCUT2D eigenvalue weighted by atomic mass is 19.1. The highest BCUT2D eigenvalue weighted by Crippen LogP contribution is 2.32. The summed E-state index contributed by atoms with van der Waals surface area (Å²) in [5, 5.41) is 20.4. The van der Waals surface area contributed by atoms with E-state index in [1.165, 1.54) is 12.1 Å². The molecule has 0 unspecified atom stereocenters. The monoisotopic (exact) mass is 240 g/mol. The van der Waals surface area contributed by atoms with Crippen LogP contribution in [0.4, 0.5) is 15.8 Å². The van der Waals surface area contributed by atoms with Gasteiger partial charge in [-0.1, -0.05) is 6.92 Å². The van der Waals surface area contributed by atoms with Crippen LogP contribution in [0.2, 0.25) is 0 Å². The number of β-amino-alcohol motifs (C(OH)–C–C–N with tert-alkyl or cyclic N) is 1. The van der Waals surface area contributed by atoms with E-state index in [0.29, 0.717) is 25.2 Å². The Kier molecular flexibility index (Phi) is 2.74. The molecule has 1 N–H and O–H groups in total. The van der Waals surface area contributed by atoms with E-state index in [9.17, 15) is 19.6 Å². The van der Waals surface area contributed by atoms with E-state index in [4.69, 9.17) is 0 Å². The Bertz CT molecular complexity index is 458. The summed E-state index contributed by atoms with van der Waals surface area (Å²) < 4.78 is 13.2. The van der Waals surface area contributed by atoms with E-state index in [0.717, 1.165) is 6.07 Å². The molecule has 1 aromatic carbocycles. The number of hydrogen-bond donors (Lipinski definition) is 1. The first-order valence-electron chi connectivity index (χ1n) is 5.36. The summed E-state index contributed by atoms with van der Waals surface area (Å²) in [5.41, 5.74) is -0.581. The SMILES string of the molecule is CCC1(O)CN(c2cc(F)cc([N+](=O)[O-])c2)C1. The van der Waals surface area contributed by atoms with E-state index in [2.05, 4.69) is 0 Å². The van der Waals surface area contributed by atoms with Gasteiger partial charge in [-0.2, -0.15) is 0 Å². The molecule has 1 fully saturated rings. The Morgan fingerprint density at radius 3 is 2.71 bits per heavy atom. The number of aliphatic hydroxyl groups is 1. The van der Waals surface area contributed by atoms with Gasteiger partial charge in [0.15, 0.2) is 0 Å². The Balaban J connectivity index is 2.21. The zero-order valence-electron chi connectivity index (χ0n) is 9.39. The molecule has 17 heavy (non-hydrogen) atoms. The summed E-state index contributed by atoms with van der Waals surface area (Å²) in [6.07, 6.45) is 0.612. The van der Waals surface area contributed by atoms with Crippen molar-refractivity contribution in [2.45, 2.75) is 18.9 Å². The molecule has 2 rings (SSSR count). The molecule has 1 heterocycles. The maximum absolute atomic E-state index is 13.2. The van der Waals surface area contributed by atoms with Crippen LogP contribution in [0.5, 0.6) is 0 Å². The van der Waals surface area contributed by atoms with Gasteiger partial charge in [-0.25, -0.2) is 4.39 Å². The fraction of sp³-hybridized carbons (Fsp3) is 0.455. The molecule has 0 bridgehead atoms. The van der Waals surface area contributed by atoms with Crippen molar-refractivity contribution < 1.29 is 14.4 Å². The van der Waals surface area contributed by atoms with Crippen LogP contribution in [0.3, 0.4) is 0 Å². The van der Waals surface area contributed by atoms with Gasteiger partial charge in [0.25, 0.3) is 5.69 Å². The maximum Gasteiger partial charge on any atom is 0.274 e. The predicted molar refractivity (Wildman–Crippen MR) is 60.5 cm³/mol. The van der Waals surface area contributed by atoms with E-state index in [1.807, 2.05) is 6.92 Å². The van der Waals surface area contributed by atoms with Gasteiger partial charge in [0.05, 0.1) is 16.6 Å². The second-order valence-electron chi connectivity index (χ2n) is 4.36. The van der Waals surface area contributed by atoms with Crippen molar-refractivity contribution in [1.29, 1.82) is 0 Å². The molecule has 0 aliphatic carbocycles. The number of hydrogen-bond acceptors (Lipinski definition) is 4. The number of non-ortho nitro benzene ring substituents is 1. The van der Waals surface area contributed by atoms with Crippen LogP contribution in [0.25, 0.3) is 0 Å². The lowest BCUT2D eigenvalue weighted by Crippen LogP contribution is -2.61. The van der Waals surface area contributed by atoms with Crippen LogP contribution >= 0.6 is 0 Å². The molecule has 5 nitrogen and oxygen atoms in total. The molecule has 6 heteroatoms. The summed E-state index contributed by atoms with van der Waals surface area (Å²) >= 11 is 0. The fourth-order valence-corrected chi connectivity index (χ4v) is 1.92. The van der Waals surface area contributed by atoms with Crippen molar-refractivity contribution in [3.63, 3.8) is 0 Å². The highest BCUT2D eigenvalue weighted by molar-refractivity contribution is 5.56. The van der Waals surface area contributed by atoms with Crippen LogP contribution in [0.1, 0.15) is 13.3 Å². The fourth-order valence-electron chi connectivity index (χ4n) is 1.92. The van der Waals surface area contributed by atoms with Gasteiger partial charge in [0.2, 0.25) is 0 Å². The minimum absolute atomic E-state index is 0.271. The molecule has 1 saturated heterocycles. The summed E-state index contributed by atoms with van der Waals surface area (Å²) in [6.45, 7) is 2.62. The Morgan fingerprint density at radius 1 is 1.53 bits per heavy atom. The Labute approximate surface area is 97.6 Å². The summed E-state index contributed by atoms with van der Waals surface area (Å²) in [6, 6.07) is 3.44. The molecule has 0 spiro atoms. The van der Waals surface area contributed by atoms with Gasteiger partial charge in [-0.15, -0.1) is 0 Å². The first-order valence-corrected chi connectivity index (χ1v) is 5.36. The van der Waals surface area contributed by atoms with Crippen molar-refractivity contribution >= 4 is 11.4 Å². The largest absolute Gasteiger partial charge is 0.386 e. The standard InChI is InChI=1S/C11H13FN2O3/c1-2-11(15)6-13(7-11)9-3-8(12)4-10(5-9)14(16)17/h3-5,15H,2,6-7H2,1H3. The lowest BCUT2D eigenvalue weighted by molar-refractivity contribution is -0.385. The quantitative estimate of drug-likeness (QED) is 0.645. The van der Waals surface area contributed by atoms with E-state index in [1.54, 1.807) is 4.90 Å². The molecule has 1 aromatic rings. The summed E-state index contributed by atoms with van der Waals surface area (Å²) in [5.74, 6) is -0.638. The molecule has 92 valence electrons. The van der Waals surface area contributed by atoms with Gasteiger partial charge in [0.1, 0.15) is 5.82 Å². The van der Waals surface area contributed by atoms with Gasteiger partial charge < -0.3 is 10.0 Å². The number of nitro groups is 1. The summed E-state index contributed by atoms with van der Waals surface area (Å²) in [4.78, 5) is 11.7. The van der Waals surface area contributed by atoms with E-state index in [-0.39, 0.29) is 5.69 Å². The first kappa shape index (κ1) is 11.8. The molecule has 0 amide bonds. The first-order chi connectivity index (χ1) is 7.93. The van der Waals surface area contributed by atoms with Crippen LogP contribution in [0, 0.1) is 15.9 Å². The second kappa shape index (κ2) is 3.96. The number of halogens is 1. The second-order valence-corrected chi connectivity index (χ2v) is 4.36. The number of nitrogens with zero attached hydrogens (tertiary/aromatic N) is 2. The number of anilines is 1. The number of nitro benzene ring substituents is 1. The topological polar surface area (TPSA) is 66.6 Å². The summed E-state index contributed by atoms with van der Waals surface area (Å²) in [7, 11) is 0. The van der Waals surface area contributed by atoms with Crippen molar-refractivity contribution in [1.82, 2.24) is 0 Å². The molecule has 0 radical (unpaired) electrons. The average Bonchev–Trinajstić information content (AvgIpc) is 2.23. The minimum Gasteiger partial charge on any atom is -0.386 e. The lowest BCUT2D eigenvalue weighted by atomic mass is 9.91. The van der Waals surface area contributed by atoms with Crippen LogP contribution in [-0.2, 0) is 0 Å².